The van der Waals surface area contributed by atoms with Gasteiger partial charge in [0.15, 0.2) is 5.78 Å². The first-order valence-corrected chi connectivity index (χ1v) is 10.5. The van der Waals surface area contributed by atoms with E-state index in [1.165, 1.54) is 48.2 Å². The Balaban J connectivity index is 1.60. The van der Waals surface area contributed by atoms with Crippen molar-refractivity contribution >= 4 is 33.3 Å². The van der Waals surface area contributed by atoms with Crippen LogP contribution in [-0.4, -0.2) is 20.0 Å². The lowest BCUT2D eigenvalue weighted by Gasteiger charge is -2.08. The van der Waals surface area contributed by atoms with Crippen molar-refractivity contribution in [3.05, 3.63) is 90.2 Å². The van der Waals surface area contributed by atoms with Gasteiger partial charge < -0.3 is 0 Å². The average molecular weight is 401 g/mol. The number of hydrogen-bond donors (Lipinski definition) is 1. The molecule has 3 rings (SSSR count). The van der Waals surface area contributed by atoms with Gasteiger partial charge in [0.05, 0.1) is 10.6 Å². The van der Waals surface area contributed by atoms with E-state index >= 15 is 0 Å². The monoisotopic (exact) mass is 401 g/mol. The number of halogens is 1. The van der Waals surface area contributed by atoms with Crippen LogP contribution in [0.15, 0.2) is 88.7 Å². The molecule has 0 saturated heterocycles. The largest absolute Gasteiger partial charge is 0.293 e. The maximum atomic E-state index is 12.9. The van der Waals surface area contributed by atoms with Gasteiger partial charge in [0.25, 0.3) is 10.0 Å². The molecule has 0 fully saturated rings. The number of carbonyl (C=O) groups excluding carboxylic acids is 1. The van der Waals surface area contributed by atoms with E-state index in [0.29, 0.717) is 11.3 Å². The smallest absolute Gasteiger partial charge is 0.261 e. The van der Waals surface area contributed by atoms with Gasteiger partial charge in [-0.05, 0) is 60.7 Å². The summed E-state index contributed by atoms with van der Waals surface area (Å²) in [5.41, 5.74) is 0.893. The Bertz CT molecular complexity index is 1020. The molecule has 0 radical (unpaired) electrons. The van der Waals surface area contributed by atoms with Crippen molar-refractivity contribution in [2.75, 3.05) is 10.5 Å². The van der Waals surface area contributed by atoms with E-state index in [-0.39, 0.29) is 22.2 Å². The van der Waals surface area contributed by atoms with Crippen LogP contribution < -0.4 is 4.72 Å². The Morgan fingerprint density at radius 2 is 1.52 bits per heavy atom. The molecule has 0 aliphatic carbocycles. The number of carbonyl (C=O) groups is 1. The summed E-state index contributed by atoms with van der Waals surface area (Å²) in [6.07, 6.45) is 0. The van der Waals surface area contributed by atoms with Crippen LogP contribution >= 0.6 is 11.8 Å². The second-order valence-electron chi connectivity index (χ2n) is 5.66. The summed E-state index contributed by atoms with van der Waals surface area (Å²) in [5.74, 6) is -0.276. The van der Waals surface area contributed by atoms with E-state index in [1.54, 1.807) is 42.5 Å². The number of rotatable bonds is 7. The van der Waals surface area contributed by atoms with E-state index in [0.717, 1.165) is 4.90 Å². The first-order chi connectivity index (χ1) is 12.9. The maximum Gasteiger partial charge on any atom is 0.261 e. The average Bonchev–Trinajstić information content (AvgIpc) is 2.68. The minimum Gasteiger partial charge on any atom is -0.293 e. The molecule has 3 aromatic rings. The van der Waals surface area contributed by atoms with Gasteiger partial charge in [-0.3, -0.25) is 9.52 Å². The van der Waals surface area contributed by atoms with E-state index in [2.05, 4.69) is 4.72 Å². The minimum absolute atomic E-state index is 0.103. The molecule has 0 atom stereocenters. The molecular formula is C20H16FNO3S2. The molecule has 0 aliphatic rings. The van der Waals surface area contributed by atoms with Crippen LogP contribution in [0.3, 0.4) is 0 Å². The molecule has 1 N–H and O–H groups in total. The normalized spacial score (nSPS) is 11.1. The molecule has 7 heteroatoms. The standard InChI is InChI=1S/C20H16FNO3S2/c21-16-8-6-15(7-9-16)20(23)14-26-18-12-10-17(11-13-18)22-27(24,25)19-4-2-1-3-5-19/h1-13,22H,14H2. The number of sulfonamides is 1. The predicted octanol–water partition coefficient (Wildman–Crippen LogP) is 4.60. The molecule has 27 heavy (non-hydrogen) atoms. The number of Topliss-reactive ketones (excluding diaryl/α,β-unsaturated/α-hetero) is 1. The summed E-state index contributed by atoms with van der Waals surface area (Å²) < 4.78 is 40.0. The molecular weight excluding hydrogens is 385 g/mol. The van der Waals surface area contributed by atoms with Gasteiger partial charge in [-0.2, -0.15) is 0 Å². The second-order valence-corrected chi connectivity index (χ2v) is 8.39. The molecule has 0 amide bonds. The highest BCUT2D eigenvalue weighted by molar-refractivity contribution is 8.00. The molecule has 0 bridgehead atoms. The number of hydrogen-bond acceptors (Lipinski definition) is 4. The van der Waals surface area contributed by atoms with Crippen LogP contribution in [0.5, 0.6) is 0 Å². The number of benzene rings is 3. The fraction of sp³-hybridized carbons (Fsp3) is 0.0500. The first kappa shape index (κ1) is 19.1. The highest BCUT2D eigenvalue weighted by atomic mass is 32.2. The third-order valence-electron chi connectivity index (χ3n) is 3.70. The first-order valence-electron chi connectivity index (χ1n) is 8.03. The van der Waals surface area contributed by atoms with Crippen molar-refractivity contribution < 1.29 is 17.6 Å². The SMILES string of the molecule is O=C(CSc1ccc(NS(=O)(=O)c2ccccc2)cc1)c1ccc(F)cc1. The summed E-state index contributed by atoms with van der Waals surface area (Å²) in [4.78, 5) is 13.1. The zero-order valence-corrected chi connectivity index (χ0v) is 15.8. The second kappa shape index (κ2) is 8.37. The lowest BCUT2D eigenvalue weighted by molar-refractivity contribution is 0.102. The molecule has 0 saturated carbocycles. The molecule has 0 unspecified atom stereocenters. The van der Waals surface area contributed by atoms with Crippen molar-refractivity contribution in [1.29, 1.82) is 0 Å². The Labute approximate surface area is 161 Å². The molecule has 0 spiro atoms. The van der Waals surface area contributed by atoms with Crippen LogP contribution in [-0.2, 0) is 10.0 Å². The zero-order chi connectivity index (χ0) is 19.3. The van der Waals surface area contributed by atoms with Gasteiger partial charge in [-0.25, -0.2) is 12.8 Å². The topological polar surface area (TPSA) is 63.2 Å². The van der Waals surface area contributed by atoms with Crippen molar-refractivity contribution in [1.82, 2.24) is 0 Å². The van der Waals surface area contributed by atoms with Gasteiger partial charge in [-0.15, -0.1) is 11.8 Å². The zero-order valence-electron chi connectivity index (χ0n) is 14.1. The number of thioether (sulfide) groups is 1. The van der Waals surface area contributed by atoms with Gasteiger partial charge in [0.1, 0.15) is 5.82 Å². The van der Waals surface area contributed by atoms with Gasteiger partial charge in [-0.1, -0.05) is 18.2 Å². The lowest BCUT2D eigenvalue weighted by Crippen LogP contribution is -2.12. The Kier molecular flexibility index (Phi) is 5.93. The number of ketones is 1. The summed E-state index contributed by atoms with van der Waals surface area (Å²) in [7, 11) is -3.63. The van der Waals surface area contributed by atoms with Gasteiger partial charge in [0.2, 0.25) is 0 Å². The van der Waals surface area contributed by atoms with Crippen LogP contribution in [0.2, 0.25) is 0 Å². The third-order valence-corrected chi connectivity index (χ3v) is 6.11. The van der Waals surface area contributed by atoms with E-state index in [9.17, 15) is 17.6 Å². The molecule has 3 aromatic carbocycles. The Morgan fingerprint density at radius 3 is 2.15 bits per heavy atom. The van der Waals surface area contributed by atoms with Crippen LogP contribution in [0.25, 0.3) is 0 Å². The highest BCUT2D eigenvalue weighted by Gasteiger charge is 2.13. The third kappa shape index (κ3) is 5.18. The fourth-order valence-corrected chi connectivity index (χ4v) is 4.17. The van der Waals surface area contributed by atoms with Gasteiger partial charge in [0, 0.05) is 16.1 Å². The van der Waals surface area contributed by atoms with Crippen LogP contribution in [0.4, 0.5) is 10.1 Å². The number of nitrogens with one attached hydrogen (secondary N) is 1. The molecule has 4 nitrogen and oxygen atoms in total. The summed E-state index contributed by atoms with van der Waals surface area (Å²) >= 11 is 1.33. The van der Waals surface area contributed by atoms with Crippen LogP contribution in [0.1, 0.15) is 10.4 Å². The van der Waals surface area contributed by atoms with Crippen molar-refractivity contribution in [3.63, 3.8) is 0 Å². The molecule has 0 aromatic heterocycles. The fourth-order valence-electron chi connectivity index (χ4n) is 2.30. The summed E-state index contributed by atoms with van der Waals surface area (Å²) in [6, 6.07) is 20.3. The molecule has 0 aliphatic heterocycles. The van der Waals surface area contributed by atoms with Gasteiger partial charge >= 0.3 is 0 Å². The minimum atomic E-state index is -3.63. The van der Waals surface area contributed by atoms with E-state index < -0.39 is 10.0 Å². The van der Waals surface area contributed by atoms with Crippen LogP contribution in [0, 0.1) is 5.82 Å². The van der Waals surface area contributed by atoms with Crippen molar-refractivity contribution in [2.24, 2.45) is 0 Å². The summed E-state index contributed by atoms with van der Waals surface area (Å²) in [5, 5.41) is 0. The van der Waals surface area contributed by atoms with E-state index in [1.807, 2.05) is 0 Å². The van der Waals surface area contributed by atoms with Crippen molar-refractivity contribution in [2.45, 2.75) is 9.79 Å². The lowest BCUT2D eigenvalue weighted by atomic mass is 10.1. The quantitative estimate of drug-likeness (QED) is 0.464. The highest BCUT2D eigenvalue weighted by Crippen LogP contribution is 2.23. The molecule has 0 heterocycles. The molecule has 138 valence electrons. The maximum absolute atomic E-state index is 12.9. The number of anilines is 1. The van der Waals surface area contributed by atoms with E-state index in [4.69, 9.17) is 0 Å². The van der Waals surface area contributed by atoms with Crippen molar-refractivity contribution in [3.8, 4) is 0 Å². The Hall–Kier alpha value is -2.64. The summed E-state index contributed by atoms with van der Waals surface area (Å²) in [6.45, 7) is 0. The Morgan fingerprint density at radius 1 is 0.889 bits per heavy atom. The predicted molar refractivity (Wildman–Crippen MR) is 105 cm³/mol.